The third-order valence-electron chi connectivity index (χ3n) is 6.95. The van der Waals surface area contributed by atoms with Crippen LogP contribution in [0.4, 0.5) is 4.79 Å². The monoisotopic (exact) mass is 649 g/mol. The van der Waals surface area contributed by atoms with Crippen molar-refractivity contribution in [2.24, 2.45) is 0 Å². The van der Waals surface area contributed by atoms with Crippen LogP contribution in [0.5, 0.6) is 0 Å². The third kappa shape index (κ3) is 13.5. The summed E-state index contributed by atoms with van der Waals surface area (Å²) in [4.78, 5) is 56.0. The molecule has 0 heterocycles. The van der Waals surface area contributed by atoms with Gasteiger partial charge < -0.3 is 30.1 Å². The fourth-order valence-corrected chi connectivity index (χ4v) is 4.81. The Morgan fingerprint density at radius 3 is 2.00 bits per heavy atom. The average molecular weight is 650 g/mol. The fraction of sp³-hybridized carbons (Fsp3) is 0.514. The molecule has 3 atom stereocenters. The van der Waals surface area contributed by atoms with E-state index in [1.807, 2.05) is 30.3 Å². The highest BCUT2D eigenvalue weighted by atomic mass is 16.6. The molecule has 0 saturated heterocycles. The van der Waals surface area contributed by atoms with Gasteiger partial charge in [0.05, 0.1) is 6.61 Å². The highest BCUT2D eigenvalue weighted by Gasteiger charge is 2.38. The molecule has 0 fully saturated rings. The Kier molecular flexibility index (Phi) is 15.0. The normalized spacial score (nSPS) is 13.3. The Balaban J connectivity index is 2.60. The first-order chi connectivity index (χ1) is 22.1. The van der Waals surface area contributed by atoms with Crippen LogP contribution in [0, 0.1) is 12.3 Å². The van der Waals surface area contributed by atoms with Gasteiger partial charge in [0.25, 0.3) is 0 Å². The second-order valence-electron chi connectivity index (χ2n) is 13.4. The molecule has 2 aromatic rings. The van der Waals surface area contributed by atoms with Crippen molar-refractivity contribution in [2.75, 3.05) is 13.2 Å². The van der Waals surface area contributed by atoms with E-state index in [0.717, 1.165) is 24.8 Å². The smallest absolute Gasteiger partial charge is 0.408 e. The lowest BCUT2D eigenvalue weighted by atomic mass is 9.99. The molecule has 47 heavy (non-hydrogen) atoms. The summed E-state index contributed by atoms with van der Waals surface area (Å²) in [6, 6.07) is 12.1. The summed E-state index contributed by atoms with van der Waals surface area (Å²) < 4.78 is 11.0. The van der Waals surface area contributed by atoms with E-state index in [0.29, 0.717) is 17.5 Å². The van der Waals surface area contributed by atoms with E-state index < -0.39 is 59.8 Å². The van der Waals surface area contributed by atoms with Gasteiger partial charge in [0.15, 0.2) is 0 Å². The zero-order valence-corrected chi connectivity index (χ0v) is 28.8. The van der Waals surface area contributed by atoms with Gasteiger partial charge in [-0.15, -0.1) is 6.42 Å². The van der Waals surface area contributed by atoms with Crippen molar-refractivity contribution in [3.8, 4) is 12.3 Å². The molecular weight excluding hydrogens is 598 g/mol. The van der Waals surface area contributed by atoms with Crippen molar-refractivity contribution in [1.29, 1.82) is 0 Å². The Hall–Kier alpha value is -4.36. The number of hydrogen-bond donors (Lipinski definition) is 3. The first-order valence-electron chi connectivity index (χ1n) is 16.1. The Bertz CT molecular complexity index is 1360. The zero-order valence-electron chi connectivity index (χ0n) is 28.8. The van der Waals surface area contributed by atoms with Crippen LogP contribution in [0.1, 0.15) is 96.9 Å². The van der Waals surface area contributed by atoms with E-state index in [2.05, 4.69) is 23.5 Å². The molecule has 2 aromatic carbocycles. The van der Waals surface area contributed by atoms with Crippen LogP contribution in [0.25, 0.3) is 0 Å². The van der Waals surface area contributed by atoms with Gasteiger partial charge in [0.2, 0.25) is 11.8 Å². The summed E-state index contributed by atoms with van der Waals surface area (Å²) in [5.41, 5.74) is 0.146. The summed E-state index contributed by atoms with van der Waals surface area (Å²) in [5.74, 6) is 0.598. The van der Waals surface area contributed by atoms with Crippen molar-refractivity contribution in [3.63, 3.8) is 0 Å². The topological polar surface area (TPSA) is 134 Å². The number of amides is 3. The highest BCUT2D eigenvalue weighted by Crippen LogP contribution is 2.25. The van der Waals surface area contributed by atoms with Crippen molar-refractivity contribution >= 4 is 23.9 Å². The minimum Gasteiger partial charge on any atom is -0.458 e. The Morgan fingerprint density at radius 1 is 0.851 bits per heavy atom. The highest BCUT2D eigenvalue weighted by molar-refractivity contribution is 5.94. The van der Waals surface area contributed by atoms with Crippen LogP contribution in [-0.4, -0.2) is 70.3 Å². The summed E-state index contributed by atoms with van der Waals surface area (Å²) in [7, 11) is 0. The summed E-state index contributed by atoms with van der Waals surface area (Å²) in [5, 5.41) is 15.6. The zero-order chi connectivity index (χ0) is 35.2. The van der Waals surface area contributed by atoms with E-state index in [-0.39, 0.29) is 13.0 Å². The number of hydrogen-bond acceptors (Lipinski definition) is 7. The number of nitrogens with one attached hydrogen (secondary N) is 2. The van der Waals surface area contributed by atoms with Gasteiger partial charge in [-0.3, -0.25) is 9.59 Å². The minimum absolute atomic E-state index is 0.135. The molecule has 2 rings (SSSR count). The molecule has 0 saturated carbocycles. The summed E-state index contributed by atoms with van der Waals surface area (Å²) in [6.07, 6.45) is 8.03. The number of carbonyl (C=O) groups is 4. The largest absolute Gasteiger partial charge is 0.458 e. The maximum atomic E-state index is 14.4. The maximum Gasteiger partial charge on any atom is 0.408 e. The van der Waals surface area contributed by atoms with Crippen molar-refractivity contribution in [1.82, 2.24) is 15.5 Å². The van der Waals surface area contributed by atoms with Gasteiger partial charge in [0.1, 0.15) is 29.3 Å². The number of nitrogens with zero attached hydrogens (tertiary/aromatic N) is 1. The van der Waals surface area contributed by atoms with Crippen LogP contribution in [0.2, 0.25) is 0 Å². The van der Waals surface area contributed by atoms with Crippen LogP contribution in [0.15, 0.2) is 54.6 Å². The second-order valence-corrected chi connectivity index (χ2v) is 13.4. The molecule has 3 unspecified atom stereocenters. The molecule has 256 valence electrons. The molecule has 0 radical (unpaired) electrons. The summed E-state index contributed by atoms with van der Waals surface area (Å²) in [6.45, 7) is 11.7. The van der Waals surface area contributed by atoms with E-state index in [9.17, 15) is 24.3 Å². The van der Waals surface area contributed by atoms with Gasteiger partial charge in [-0.25, -0.2) is 9.59 Å². The molecule has 0 spiro atoms. The van der Waals surface area contributed by atoms with Crippen molar-refractivity contribution in [2.45, 2.75) is 110 Å². The number of unbranched alkanes of at least 4 members (excludes halogenated alkanes) is 3. The number of aliphatic hydroxyl groups is 1. The van der Waals surface area contributed by atoms with Gasteiger partial charge in [-0.1, -0.05) is 74.6 Å². The molecule has 0 aromatic heterocycles. The van der Waals surface area contributed by atoms with Crippen LogP contribution in [0.3, 0.4) is 0 Å². The average Bonchev–Trinajstić information content (AvgIpc) is 2.99. The van der Waals surface area contributed by atoms with Gasteiger partial charge in [-0.2, -0.15) is 0 Å². The SMILES string of the molecule is C#Cc1ccc(C(C(=O)NC(Cc2ccccc2)C(=O)OC(C)(C)C)N(CCCCCC)C(=O)C(CO)NC(=O)OC(C)(C)C)cc1. The minimum atomic E-state index is -1.40. The number of alkyl carbamates (subject to hydrolysis) is 1. The quantitative estimate of drug-likeness (QED) is 0.139. The molecule has 0 aliphatic rings. The number of benzene rings is 2. The fourth-order valence-electron chi connectivity index (χ4n) is 4.81. The lowest BCUT2D eigenvalue weighted by Crippen LogP contribution is -2.56. The van der Waals surface area contributed by atoms with E-state index in [1.54, 1.807) is 65.8 Å². The maximum absolute atomic E-state index is 14.4. The number of terminal acetylenes is 1. The number of aliphatic hydroxyl groups excluding tert-OH is 1. The van der Waals surface area contributed by atoms with E-state index >= 15 is 0 Å². The lowest BCUT2D eigenvalue weighted by Gasteiger charge is -2.35. The predicted molar refractivity (Wildman–Crippen MR) is 181 cm³/mol. The third-order valence-corrected chi connectivity index (χ3v) is 6.95. The number of esters is 1. The van der Waals surface area contributed by atoms with Crippen molar-refractivity contribution < 1.29 is 33.8 Å². The molecule has 3 N–H and O–H groups in total. The number of carbonyl (C=O) groups excluding carboxylic acids is 4. The first-order valence-corrected chi connectivity index (χ1v) is 16.1. The molecule has 0 bridgehead atoms. The number of rotatable bonds is 15. The molecular formula is C37H51N3O7. The van der Waals surface area contributed by atoms with Crippen LogP contribution in [-0.2, 0) is 30.3 Å². The Morgan fingerprint density at radius 2 is 1.47 bits per heavy atom. The van der Waals surface area contributed by atoms with E-state index in [4.69, 9.17) is 15.9 Å². The predicted octanol–water partition coefficient (Wildman–Crippen LogP) is 5.07. The Labute approximate surface area is 279 Å². The molecule has 3 amide bonds. The van der Waals surface area contributed by atoms with E-state index in [1.165, 1.54) is 4.90 Å². The van der Waals surface area contributed by atoms with Gasteiger partial charge in [-0.05, 0) is 71.2 Å². The lowest BCUT2D eigenvalue weighted by molar-refractivity contribution is -0.159. The number of ether oxygens (including phenoxy) is 2. The molecule has 10 nitrogen and oxygen atoms in total. The van der Waals surface area contributed by atoms with Crippen molar-refractivity contribution in [3.05, 3.63) is 71.3 Å². The van der Waals surface area contributed by atoms with Crippen LogP contribution < -0.4 is 10.6 Å². The second kappa shape index (κ2) is 18.1. The van der Waals surface area contributed by atoms with Gasteiger partial charge in [0, 0.05) is 18.5 Å². The van der Waals surface area contributed by atoms with Gasteiger partial charge >= 0.3 is 12.1 Å². The summed E-state index contributed by atoms with van der Waals surface area (Å²) >= 11 is 0. The standard InChI is InChI=1S/C37H51N3O7/c1-9-11-12-16-23-40(33(43)30(25-41)39-35(45)47-37(6,7)8)31(28-21-19-26(10-2)20-22-28)32(42)38-29(34(44)46-36(3,4)5)24-27-17-14-13-15-18-27/h2,13-15,17-22,29-31,41H,9,11-12,16,23-25H2,1,3-8H3,(H,38,42)(H,39,45). The van der Waals surface area contributed by atoms with Crippen LogP contribution >= 0.6 is 0 Å². The molecule has 0 aliphatic carbocycles. The molecule has 10 heteroatoms. The molecule has 0 aliphatic heterocycles. The first kappa shape index (κ1) is 38.8.